The summed E-state index contributed by atoms with van der Waals surface area (Å²) >= 11 is 0. The number of aryl methyl sites for hydroxylation is 1. The molecular formula is C12H16O2S. The van der Waals surface area contributed by atoms with Crippen LogP contribution in [-0.2, 0) is 10.8 Å². The second-order valence-corrected chi connectivity index (χ2v) is 4.93. The van der Waals surface area contributed by atoms with E-state index in [0.29, 0.717) is 4.91 Å². The second kappa shape index (κ2) is 5.24. The molecule has 0 amide bonds. The van der Waals surface area contributed by atoms with Crippen LogP contribution in [0.25, 0.3) is 0 Å². The largest absolute Gasteiger partial charge is 0.388 e. The summed E-state index contributed by atoms with van der Waals surface area (Å²) in [6, 6.07) is 7.50. The average Bonchev–Trinajstić information content (AvgIpc) is 2.19. The van der Waals surface area contributed by atoms with E-state index in [2.05, 4.69) is 0 Å². The summed E-state index contributed by atoms with van der Waals surface area (Å²) in [4.78, 5) is 1.29. The SMILES string of the molecule is C/C=C(\[C@H](C)O)[S@](=O)c1ccc(C)cc1. The molecule has 0 aliphatic heterocycles. The van der Waals surface area contributed by atoms with Crippen LogP contribution < -0.4 is 0 Å². The van der Waals surface area contributed by atoms with Crippen LogP contribution in [0.3, 0.4) is 0 Å². The van der Waals surface area contributed by atoms with Gasteiger partial charge in [0.2, 0.25) is 0 Å². The van der Waals surface area contributed by atoms with Crippen molar-refractivity contribution in [2.75, 3.05) is 0 Å². The number of aliphatic hydroxyl groups is 1. The van der Waals surface area contributed by atoms with Gasteiger partial charge in [0.25, 0.3) is 0 Å². The van der Waals surface area contributed by atoms with Gasteiger partial charge in [-0.3, -0.25) is 0 Å². The van der Waals surface area contributed by atoms with Crippen LogP contribution in [0.2, 0.25) is 0 Å². The lowest BCUT2D eigenvalue weighted by molar-refractivity contribution is 0.239. The first kappa shape index (κ1) is 12.1. The molecule has 0 bridgehead atoms. The van der Waals surface area contributed by atoms with Crippen LogP contribution in [0, 0.1) is 6.92 Å². The summed E-state index contributed by atoms with van der Waals surface area (Å²) in [5.41, 5.74) is 1.13. The maximum absolute atomic E-state index is 12.0. The zero-order chi connectivity index (χ0) is 11.4. The van der Waals surface area contributed by atoms with E-state index in [0.717, 1.165) is 10.5 Å². The predicted molar refractivity (Wildman–Crippen MR) is 63.0 cm³/mol. The molecule has 3 heteroatoms. The third-order valence-corrected chi connectivity index (χ3v) is 3.85. The minimum Gasteiger partial charge on any atom is -0.388 e. The molecule has 0 fully saturated rings. The molecule has 0 aliphatic carbocycles. The predicted octanol–water partition coefficient (Wildman–Crippen LogP) is 2.39. The number of aliphatic hydroxyl groups excluding tert-OH is 1. The molecule has 0 saturated carbocycles. The molecule has 0 radical (unpaired) electrons. The Labute approximate surface area is 93.1 Å². The van der Waals surface area contributed by atoms with E-state index in [1.165, 1.54) is 0 Å². The van der Waals surface area contributed by atoms with E-state index in [9.17, 15) is 9.32 Å². The third-order valence-electron chi connectivity index (χ3n) is 2.15. The maximum atomic E-state index is 12.0. The van der Waals surface area contributed by atoms with Crippen molar-refractivity contribution in [2.45, 2.75) is 31.8 Å². The molecule has 2 nitrogen and oxygen atoms in total. The molecule has 0 aliphatic rings. The minimum atomic E-state index is -1.25. The first-order valence-electron chi connectivity index (χ1n) is 4.89. The lowest BCUT2D eigenvalue weighted by Crippen LogP contribution is -2.10. The van der Waals surface area contributed by atoms with Gasteiger partial charge in [-0.25, -0.2) is 4.21 Å². The highest BCUT2D eigenvalue weighted by Crippen LogP contribution is 2.17. The molecular weight excluding hydrogens is 208 g/mol. The molecule has 1 N–H and O–H groups in total. The van der Waals surface area contributed by atoms with Crippen LogP contribution in [0.1, 0.15) is 19.4 Å². The molecule has 0 heterocycles. The van der Waals surface area contributed by atoms with Gasteiger partial charge >= 0.3 is 0 Å². The number of rotatable bonds is 3. The van der Waals surface area contributed by atoms with Gasteiger partial charge in [0.15, 0.2) is 0 Å². The number of hydrogen-bond donors (Lipinski definition) is 1. The van der Waals surface area contributed by atoms with E-state index in [4.69, 9.17) is 0 Å². The van der Waals surface area contributed by atoms with Crippen molar-refractivity contribution in [1.29, 1.82) is 0 Å². The fourth-order valence-corrected chi connectivity index (χ4v) is 2.48. The van der Waals surface area contributed by atoms with Crippen molar-refractivity contribution in [3.63, 3.8) is 0 Å². The molecule has 1 aromatic rings. The molecule has 15 heavy (non-hydrogen) atoms. The average molecular weight is 224 g/mol. The Balaban J connectivity index is 2.99. The van der Waals surface area contributed by atoms with Gasteiger partial charge in [0.1, 0.15) is 0 Å². The van der Waals surface area contributed by atoms with Crippen molar-refractivity contribution < 1.29 is 9.32 Å². The van der Waals surface area contributed by atoms with Gasteiger partial charge in [0, 0.05) is 9.80 Å². The van der Waals surface area contributed by atoms with E-state index in [-0.39, 0.29) is 0 Å². The molecule has 0 saturated heterocycles. The highest BCUT2D eigenvalue weighted by molar-refractivity contribution is 7.89. The monoisotopic (exact) mass is 224 g/mol. The highest BCUT2D eigenvalue weighted by atomic mass is 32.2. The maximum Gasteiger partial charge on any atom is 0.0845 e. The fourth-order valence-electron chi connectivity index (χ4n) is 1.30. The van der Waals surface area contributed by atoms with Crippen LogP contribution in [0.5, 0.6) is 0 Å². The van der Waals surface area contributed by atoms with Crippen molar-refractivity contribution in [3.8, 4) is 0 Å². The van der Waals surface area contributed by atoms with E-state index in [1.54, 1.807) is 19.9 Å². The standard InChI is InChI=1S/C12H16O2S/c1-4-12(10(3)13)15(14)11-7-5-9(2)6-8-11/h4-8,10,13H,1-3H3/b12-4+/t10-,15+/m0/s1. The Bertz CT molecular complexity index is 377. The summed E-state index contributed by atoms with van der Waals surface area (Å²) in [5.74, 6) is 0. The number of allylic oxidation sites excluding steroid dienone is 1. The van der Waals surface area contributed by atoms with Crippen molar-refractivity contribution in [1.82, 2.24) is 0 Å². The fraction of sp³-hybridized carbons (Fsp3) is 0.333. The smallest absolute Gasteiger partial charge is 0.0845 e. The van der Waals surface area contributed by atoms with Crippen molar-refractivity contribution in [3.05, 3.63) is 40.8 Å². The van der Waals surface area contributed by atoms with E-state index in [1.807, 2.05) is 31.2 Å². The third kappa shape index (κ3) is 3.01. The van der Waals surface area contributed by atoms with Crippen LogP contribution in [0.15, 0.2) is 40.1 Å². The Morgan fingerprint density at radius 1 is 1.40 bits per heavy atom. The highest BCUT2D eigenvalue weighted by Gasteiger charge is 2.13. The molecule has 1 aromatic carbocycles. The van der Waals surface area contributed by atoms with Crippen LogP contribution in [0.4, 0.5) is 0 Å². The van der Waals surface area contributed by atoms with Crippen molar-refractivity contribution >= 4 is 10.8 Å². The van der Waals surface area contributed by atoms with E-state index < -0.39 is 16.9 Å². The normalized spacial score (nSPS) is 16.1. The van der Waals surface area contributed by atoms with E-state index >= 15 is 0 Å². The zero-order valence-corrected chi connectivity index (χ0v) is 10.0. The summed E-state index contributed by atoms with van der Waals surface area (Å²) in [5, 5.41) is 9.44. The Kier molecular flexibility index (Phi) is 4.24. The van der Waals surface area contributed by atoms with Gasteiger partial charge in [0.05, 0.1) is 16.9 Å². The number of benzene rings is 1. The lowest BCUT2D eigenvalue weighted by Gasteiger charge is -2.09. The summed E-state index contributed by atoms with van der Waals surface area (Å²) < 4.78 is 12.0. The zero-order valence-electron chi connectivity index (χ0n) is 9.23. The molecule has 2 atom stereocenters. The molecule has 0 aromatic heterocycles. The molecule has 0 unspecified atom stereocenters. The lowest BCUT2D eigenvalue weighted by atomic mass is 10.2. The van der Waals surface area contributed by atoms with Gasteiger partial charge in [-0.1, -0.05) is 23.8 Å². The first-order valence-corrected chi connectivity index (χ1v) is 6.04. The second-order valence-electron chi connectivity index (χ2n) is 3.45. The Morgan fingerprint density at radius 3 is 2.33 bits per heavy atom. The number of hydrogen-bond acceptors (Lipinski definition) is 2. The van der Waals surface area contributed by atoms with Gasteiger partial charge in [-0.15, -0.1) is 0 Å². The summed E-state index contributed by atoms with van der Waals surface area (Å²) in [7, 11) is -1.25. The quantitative estimate of drug-likeness (QED) is 0.856. The minimum absolute atomic E-state index is 0.554. The van der Waals surface area contributed by atoms with Crippen LogP contribution in [-0.4, -0.2) is 15.4 Å². The van der Waals surface area contributed by atoms with Crippen molar-refractivity contribution in [2.24, 2.45) is 0 Å². The topological polar surface area (TPSA) is 37.3 Å². The molecule has 1 rings (SSSR count). The molecule has 82 valence electrons. The summed E-state index contributed by atoms with van der Waals surface area (Å²) in [6.07, 6.45) is 1.04. The van der Waals surface area contributed by atoms with Gasteiger partial charge in [-0.05, 0) is 32.9 Å². The first-order chi connectivity index (χ1) is 7.06. The summed E-state index contributed by atoms with van der Waals surface area (Å²) in [6.45, 7) is 5.40. The van der Waals surface area contributed by atoms with Gasteiger partial charge < -0.3 is 5.11 Å². The Hall–Kier alpha value is -0.930. The Morgan fingerprint density at radius 2 is 1.93 bits per heavy atom. The molecule has 0 spiro atoms. The van der Waals surface area contributed by atoms with Crippen LogP contribution >= 0.6 is 0 Å². The van der Waals surface area contributed by atoms with Gasteiger partial charge in [-0.2, -0.15) is 0 Å².